The van der Waals surface area contributed by atoms with Crippen LogP contribution in [-0.4, -0.2) is 0 Å². The fraction of sp³-hybridized carbons (Fsp3) is 0.500. The van der Waals surface area contributed by atoms with Crippen molar-refractivity contribution in [3.63, 3.8) is 0 Å². The molecule has 0 rings (SSSR count). The van der Waals surface area contributed by atoms with E-state index < -0.39 is 0 Å². The molecule has 1 nitrogen and oxygen atoms in total. The van der Waals surface area contributed by atoms with Crippen LogP contribution in [0.5, 0.6) is 0 Å². The standard InChI is InChI=1S/C2H3N.3ClH.Fe/c1-2-3;;;;/h1H3;3*1H;/q;;;;+3/p-3. The van der Waals surface area contributed by atoms with Crippen LogP contribution in [0.25, 0.3) is 0 Å². The van der Waals surface area contributed by atoms with E-state index in [1.165, 1.54) is 6.92 Å². The molecule has 0 spiro atoms. The zero-order valence-electron chi connectivity index (χ0n) is 3.43. The summed E-state index contributed by atoms with van der Waals surface area (Å²) in [4.78, 5) is 0. The van der Waals surface area contributed by atoms with Gasteiger partial charge in [-0.1, -0.05) is 0 Å². The molecule has 0 saturated carbocycles. The molecule has 7 heavy (non-hydrogen) atoms. The third-order valence-electron chi connectivity index (χ3n) is 0. The molecular formula is C2H3Cl3FeN. The van der Waals surface area contributed by atoms with E-state index in [-0.39, 0.29) is 54.3 Å². The molecule has 5 heteroatoms. The summed E-state index contributed by atoms with van der Waals surface area (Å²) >= 11 is 0. The van der Waals surface area contributed by atoms with E-state index in [4.69, 9.17) is 5.26 Å². The van der Waals surface area contributed by atoms with Crippen LogP contribution in [0, 0.1) is 11.3 Å². The summed E-state index contributed by atoms with van der Waals surface area (Å²) in [5.41, 5.74) is 0. The molecule has 0 aliphatic heterocycles. The molecule has 0 saturated heterocycles. The van der Waals surface area contributed by atoms with Gasteiger partial charge in [0.1, 0.15) is 0 Å². The van der Waals surface area contributed by atoms with Crippen molar-refractivity contribution < 1.29 is 54.3 Å². The molecule has 0 N–H and O–H groups in total. The number of nitrogens with zero attached hydrogens (tertiary/aromatic N) is 1. The van der Waals surface area contributed by atoms with Crippen LogP contribution in [-0.2, 0) is 17.1 Å². The summed E-state index contributed by atoms with van der Waals surface area (Å²) in [5, 5.41) is 7.32. The Morgan fingerprint density at radius 1 is 1.14 bits per heavy atom. The second kappa shape index (κ2) is 67.3. The topological polar surface area (TPSA) is 23.8 Å². The molecule has 0 atom stereocenters. The Balaban J connectivity index is -0.00000000333. The maximum Gasteiger partial charge on any atom is 3.00 e. The van der Waals surface area contributed by atoms with E-state index in [0.717, 1.165) is 0 Å². The number of rotatable bonds is 0. The number of halogens is 3. The van der Waals surface area contributed by atoms with Gasteiger partial charge in [-0.25, -0.2) is 0 Å². The van der Waals surface area contributed by atoms with Gasteiger partial charge in [0.05, 0.1) is 6.07 Å². The summed E-state index contributed by atoms with van der Waals surface area (Å²) in [7, 11) is 0. The predicted octanol–water partition coefficient (Wildman–Crippen LogP) is -8.46. The molecule has 1 radical (unpaired) electrons. The van der Waals surface area contributed by atoms with Crippen molar-refractivity contribution >= 4 is 0 Å². The van der Waals surface area contributed by atoms with Gasteiger partial charge in [0.15, 0.2) is 0 Å². The summed E-state index contributed by atoms with van der Waals surface area (Å²) in [6.07, 6.45) is 0. The molecule has 0 unspecified atom stereocenters. The monoisotopic (exact) mass is 202 g/mol. The molecule has 0 aromatic carbocycles. The Morgan fingerprint density at radius 2 is 1.14 bits per heavy atom. The molecule has 0 aliphatic rings. The van der Waals surface area contributed by atoms with E-state index >= 15 is 0 Å². The van der Waals surface area contributed by atoms with Crippen LogP contribution in [0.15, 0.2) is 0 Å². The van der Waals surface area contributed by atoms with Crippen LogP contribution in [0.3, 0.4) is 0 Å². The van der Waals surface area contributed by atoms with Gasteiger partial charge in [0, 0.05) is 6.92 Å². The van der Waals surface area contributed by atoms with Crippen LogP contribution in [0.4, 0.5) is 0 Å². The summed E-state index contributed by atoms with van der Waals surface area (Å²) in [5.74, 6) is 0. The Kier molecular flexibility index (Phi) is 433. The normalized spacial score (nSPS) is 1.14. The maximum absolute atomic E-state index is 7.32. The van der Waals surface area contributed by atoms with Crippen LogP contribution < -0.4 is 37.2 Å². The fourth-order valence-electron chi connectivity index (χ4n) is 0. The summed E-state index contributed by atoms with van der Waals surface area (Å²) < 4.78 is 0. The van der Waals surface area contributed by atoms with Gasteiger partial charge in [0.2, 0.25) is 0 Å². The van der Waals surface area contributed by atoms with Crippen molar-refractivity contribution in [3.8, 4) is 6.07 Å². The average molecular weight is 203 g/mol. The first-order chi connectivity index (χ1) is 1.41. The van der Waals surface area contributed by atoms with Gasteiger partial charge >= 0.3 is 17.1 Å². The average Bonchev–Trinajstić information content (AvgIpc) is 0.918. The molecule has 0 heterocycles. The third-order valence-corrected chi connectivity index (χ3v) is 0. The minimum absolute atomic E-state index is 0. The molecule has 0 fully saturated rings. The van der Waals surface area contributed by atoms with Crippen LogP contribution >= 0.6 is 0 Å². The summed E-state index contributed by atoms with van der Waals surface area (Å²) in [6, 6.07) is 1.75. The Bertz CT molecular complexity index is 34.4. The quantitative estimate of drug-likeness (QED) is 0.359. The first kappa shape index (κ1) is 45.0. The maximum atomic E-state index is 7.32. The number of hydrogen-bond donors (Lipinski definition) is 0. The van der Waals surface area contributed by atoms with Gasteiger partial charge < -0.3 is 37.2 Å². The minimum Gasteiger partial charge on any atom is -1.00 e. The van der Waals surface area contributed by atoms with Gasteiger partial charge in [-0.15, -0.1) is 0 Å². The predicted molar refractivity (Wildman–Crippen MR) is 11.3 cm³/mol. The molecule has 0 aromatic heterocycles. The van der Waals surface area contributed by atoms with E-state index in [1.54, 1.807) is 6.07 Å². The number of hydrogen-bond acceptors (Lipinski definition) is 1. The van der Waals surface area contributed by atoms with Crippen molar-refractivity contribution in [2.24, 2.45) is 0 Å². The van der Waals surface area contributed by atoms with Crippen molar-refractivity contribution in [3.05, 3.63) is 0 Å². The Hall–Kier alpha value is 0.879. The van der Waals surface area contributed by atoms with Crippen molar-refractivity contribution in [1.29, 1.82) is 5.26 Å². The fourth-order valence-corrected chi connectivity index (χ4v) is 0. The van der Waals surface area contributed by atoms with Crippen molar-refractivity contribution in [2.75, 3.05) is 0 Å². The molecule has 0 aromatic rings. The first-order valence-electron chi connectivity index (χ1n) is 0.724. The molecule has 0 aliphatic carbocycles. The van der Waals surface area contributed by atoms with Crippen LogP contribution in [0.2, 0.25) is 0 Å². The second-order valence-corrected chi connectivity index (χ2v) is 0.224. The van der Waals surface area contributed by atoms with Crippen molar-refractivity contribution in [1.82, 2.24) is 0 Å². The Morgan fingerprint density at radius 3 is 1.14 bits per heavy atom. The molecule has 0 bridgehead atoms. The zero-order chi connectivity index (χ0) is 2.71. The van der Waals surface area contributed by atoms with Gasteiger partial charge in [-0.2, -0.15) is 5.26 Å². The molecule has 45 valence electrons. The second-order valence-electron chi connectivity index (χ2n) is 0.224. The van der Waals surface area contributed by atoms with E-state index in [2.05, 4.69) is 0 Å². The Labute approximate surface area is 72.6 Å². The first-order valence-corrected chi connectivity index (χ1v) is 0.724. The smallest absolute Gasteiger partial charge is 1.00 e. The zero-order valence-corrected chi connectivity index (χ0v) is 6.81. The number of nitriles is 1. The van der Waals surface area contributed by atoms with Gasteiger partial charge in [-0.3, -0.25) is 0 Å². The SMILES string of the molecule is CC#N.[Cl-].[Cl-].[Cl-].[Fe+3]. The van der Waals surface area contributed by atoms with Gasteiger partial charge in [-0.05, 0) is 0 Å². The largest absolute Gasteiger partial charge is 3.00 e. The van der Waals surface area contributed by atoms with E-state index in [0.29, 0.717) is 0 Å². The summed E-state index contributed by atoms with van der Waals surface area (Å²) in [6.45, 7) is 1.43. The van der Waals surface area contributed by atoms with E-state index in [1.807, 2.05) is 0 Å². The van der Waals surface area contributed by atoms with Crippen LogP contribution in [0.1, 0.15) is 6.92 Å². The third kappa shape index (κ3) is 212. The minimum atomic E-state index is 0. The van der Waals surface area contributed by atoms with Gasteiger partial charge in [0.25, 0.3) is 0 Å². The molecule has 0 amide bonds. The van der Waals surface area contributed by atoms with Crippen molar-refractivity contribution in [2.45, 2.75) is 6.92 Å². The molecular weight excluding hydrogens is 200 g/mol. The van der Waals surface area contributed by atoms with E-state index in [9.17, 15) is 0 Å².